The first-order chi connectivity index (χ1) is 7.93. The van der Waals surface area contributed by atoms with Gasteiger partial charge in [-0.1, -0.05) is 0 Å². The van der Waals surface area contributed by atoms with E-state index in [1.165, 1.54) is 12.3 Å². The monoisotopic (exact) mass is 240 g/mol. The predicted octanol–water partition coefficient (Wildman–Crippen LogP) is 2.48. The lowest BCUT2D eigenvalue weighted by molar-refractivity contribution is -0.137. The lowest BCUT2D eigenvalue weighted by atomic mass is 10.1. The fraction of sp³-hybridized carbons (Fsp3) is 0.0909. The largest absolute Gasteiger partial charge is 0.416 e. The van der Waals surface area contributed by atoms with Gasteiger partial charge in [0.2, 0.25) is 0 Å². The van der Waals surface area contributed by atoms with Crippen LogP contribution in [0.25, 0.3) is 10.9 Å². The number of aromatic nitrogens is 1. The molecule has 0 radical (unpaired) electrons. The van der Waals surface area contributed by atoms with E-state index in [-0.39, 0.29) is 16.3 Å². The molecule has 0 saturated carbocycles. The van der Waals surface area contributed by atoms with Gasteiger partial charge in [-0.3, -0.25) is 10.2 Å². The number of hydrogen-bond donors (Lipinski definition) is 2. The number of nitrogens with one attached hydrogen (secondary N) is 2. The van der Waals surface area contributed by atoms with E-state index in [2.05, 4.69) is 4.98 Å². The summed E-state index contributed by atoms with van der Waals surface area (Å²) < 4.78 is 37.5. The molecule has 1 aromatic carbocycles. The SMILES string of the molecule is N=c1c(C=O)c[nH]c2ccc(C(F)(F)F)cc12. The van der Waals surface area contributed by atoms with Crippen molar-refractivity contribution in [1.82, 2.24) is 4.98 Å². The molecule has 0 spiro atoms. The molecule has 0 amide bonds. The van der Waals surface area contributed by atoms with Gasteiger partial charge in [-0.2, -0.15) is 13.2 Å². The molecule has 0 saturated heterocycles. The Labute approximate surface area is 93.4 Å². The number of carbonyl (C=O) groups excluding carboxylic acids is 1. The van der Waals surface area contributed by atoms with Gasteiger partial charge in [0.1, 0.15) is 0 Å². The quantitative estimate of drug-likeness (QED) is 0.739. The van der Waals surface area contributed by atoms with Gasteiger partial charge >= 0.3 is 6.18 Å². The number of hydrogen-bond acceptors (Lipinski definition) is 2. The van der Waals surface area contributed by atoms with Gasteiger partial charge in [0.05, 0.1) is 16.5 Å². The maximum absolute atomic E-state index is 12.5. The molecule has 6 heteroatoms. The summed E-state index contributed by atoms with van der Waals surface area (Å²) in [4.78, 5) is 13.3. The molecule has 0 bridgehead atoms. The van der Waals surface area contributed by atoms with Gasteiger partial charge in [-0.05, 0) is 18.2 Å². The second kappa shape index (κ2) is 3.73. The predicted molar refractivity (Wildman–Crippen MR) is 54.5 cm³/mol. The van der Waals surface area contributed by atoms with Crippen molar-refractivity contribution in [3.63, 3.8) is 0 Å². The number of aldehydes is 1. The lowest BCUT2D eigenvalue weighted by Crippen LogP contribution is -2.12. The van der Waals surface area contributed by atoms with Crippen molar-refractivity contribution in [2.24, 2.45) is 0 Å². The molecular formula is C11H7F3N2O. The highest BCUT2D eigenvalue weighted by molar-refractivity contribution is 5.85. The number of pyridine rings is 1. The third-order valence-electron chi connectivity index (χ3n) is 2.42. The van der Waals surface area contributed by atoms with Crippen LogP contribution in [-0.4, -0.2) is 11.3 Å². The highest BCUT2D eigenvalue weighted by atomic mass is 19.4. The molecule has 0 aliphatic heterocycles. The van der Waals surface area contributed by atoms with E-state index in [1.807, 2.05) is 0 Å². The van der Waals surface area contributed by atoms with Crippen molar-refractivity contribution in [3.05, 3.63) is 40.9 Å². The Morgan fingerprint density at radius 2 is 2.00 bits per heavy atom. The van der Waals surface area contributed by atoms with E-state index in [0.717, 1.165) is 12.1 Å². The Bertz CT molecular complexity index is 643. The van der Waals surface area contributed by atoms with Gasteiger partial charge in [-0.25, -0.2) is 0 Å². The van der Waals surface area contributed by atoms with Crippen LogP contribution in [0.15, 0.2) is 24.4 Å². The van der Waals surface area contributed by atoms with Crippen LogP contribution < -0.4 is 5.36 Å². The summed E-state index contributed by atoms with van der Waals surface area (Å²) in [6.45, 7) is 0. The van der Waals surface area contributed by atoms with Crippen LogP contribution in [0.4, 0.5) is 13.2 Å². The number of halogens is 3. The maximum Gasteiger partial charge on any atom is 0.416 e. The van der Waals surface area contributed by atoms with E-state index in [0.29, 0.717) is 11.8 Å². The zero-order valence-corrected chi connectivity index (χ0v) is 8.43. The number of carbonyl (C=O) groups is 1. The summed E-state index contributed by atoms with van der Waals surface area (Å²) in [6.07, 6.45) is -2.73. The van der Waals surface area contributed by atoms with Crippen LogP contribution >= 0.6 is 0 Å². The van der Waals surface area contributed by atoms with Gasteiger partial charge in [-0.15, -0.1) is 0 Å². The maximum atomic E-state index is 12.5. The topological polar surface area (TPSA) is 56.7 Å². The summed E-state index contributed by atoms with van der Waals surface area (Å²) in [7, 11) is 0. The Balaban J connectivity index is 2.80. The molecule has 0 fully saturated rings. The minimum Gasteiger partial charge on any atom is -0.360 e. The lowest BCUT2D eigenvalue weighted by Gasteiger charge is -2.08. The molecule has 88 valence electrons. The standard InChI is InChI=1S/C11H7F3N2O/c12-11(13,14)7-1-2-9-8(3-7)10(15)6(5-17)4-16-9/h1-5H,(H2,15,16). The normalized spacial score (nSPS) is 11.7. The van der Waals surface area contributed by atoms with Crippen LogP contribution in [0.5, 0.6) is 0 Å². The van der Waals surface area contributed by atoms with Crippen LogP contribution in [-0.2, 0) is 6.18 Å². The number of H-pyrrole nitrogens is 1. The molecule has 2 aromatic rings. The molecule has 0 atom stereocenters. The van der Waals surface area contributed by atoms with E-state index >= 15 is 0 Å². The van der Waals surface area contributed by atoms with E-state index in [9.17, 15) is 18.0 Å². The van der Waals surface area contributed by atoms with Crippen molar-refractivity contribution in [2.75, 3.05) is 0 Å². The van der Waals surface area contributed by atoms with Crippen LogP contribution in [0.1, 0.15) is 15.9 Å². The average molecular weight is 240 g/mol. The number of fused-ring (bicyclic) bond motifs is 1. The summed E-state index contributed by atoms with van der Waals surface area (Å²) >= 11 is 0. The Hall–Kier alpha value is -2.11. The summed E-state index contributed by atoms with van der Waals surface area (Å²) in [5, 5.41) is 7.49. The molecule has 0 unspecified atom stereocenters. The van der Waals surface area contributed by atoms with Crippen LogP contribution in [0.3, 0.4) is 0 Å². The summed E-state index contributed by atoms with van der Waals surface area (Å²) in [5.74, 6) is 0. The van der Waals surface area contributed by atoms with Crippen molar-refractivity contribution >= 4 is 17.2 Å². The molecule has 17 heavy (non-hydrogen) atoms. The van der Waals surface area contributed by atoms with Crippen molar-refractivity contribution in [3.8, 4) is 0 Å². The third kappa shape index (κ3) is 1.93. The molecule has 0 aliphatic rings. The Morgan fingerprint density at radius 1 is 1.29 bits per heavy atom. The van der Waals surface area contributed by atoms with Crippen molar-refractivity contribution < 1.29 is 18.0 Å². The number of rotatable bonds is 1. The fourth-order valence-corrected chi connectivity index (χ4v) is 1.53. The van der Waals surface area contributed by atoms with Crippen LogP contribution in [0, 0.1) is 5.41 Å². The highest BCUT2D eigenvalue weighted by Crippen LogP contribution is 2.30. The van der Waals surface area contributed by atoms with E-state index in [1.54, 1.807) is 0 Å². The molecule has 1 aromatic heterocycles. The first kappa shape index (κ1) is 11.4. The first-order valence-electron chi connectivity index (χ1n) is 4.66. The number of benzene rings is 1. The fourth-order valence-electron chi connectivity index (χ4n) is 1.53. The minimum atomic E-state index is -4.46. The highest BCUT2D eigenvalue weighted by Gasteiger charge is 2.30. The van der Waals surface area contributed by atoms with Crippen molar-refractivity contribution in [2.45, 2.75) is 6.18 Å². The van der Waals surface area contributed by atoms with Crippen LogP contribution in [0.2, 0.25) is 0 Å². The van der Waals surface area contributed by atoms with Crippen molar-refractivity contribution in [1.29, 1.82) is 5.41 Å². The van der Waals surface area contributed by atoms with Gasteiger partial charge in [0, 0.05) is 17.1 Å². The van der Waals surface area contributed by atoms with Gasteiger partial charge < -0.3 is 4.98 Å². The summed E-state index contributed by atoms with van der Waals surface area (Å²) in [6, 6.07) is 3.03. The smallest absolute Gasteiger partial charge is 0.360 e. The summed E-state index contributed by atoms with van der Waals surface area (Å²) in [5.41, 5.74) is -0.430. The molecule has 2 rings (SSSR count). The van der Waals surface area contributed by atoms with Gasteiger partial charge in [0.25, 0.3) is 0 Å². The first-order valence-corrected chi connectivity index (χ1v) is 4.66. The second-order valence-electron chi connectivity index (χ2n) is 3.49. The van der Waals surface area contributed by atoms with Gasteiger partial charge in [0.15, 0.2) is 6.29 Å². The zero-order valence-electron chi connectivity index (χ0n) is 8.43. The molecule has 0 aliphatic carbocycles. The van der Waals surface area contributed by atoms with E-state index in [4.69, 9.17) is 5.41 Å². The Kier molecular flexibility index (Phi) is 2.49. The molecule has 2 N–H and O–H groups in total. The zero-order chi connectivity index (χ0) is 12.6. The number of aromatic amines is 1. The molecular weight excluding hydrogens is 233 g/mol. The minimum absolute atomic E-state index is 0.0248. The average Bonchev–Trinajstić information content (AvgIpc) is 2.28. The van der Waals surface area contributed by atoms with E-state index < -0.39 is 11.7 Å². The molecule has 3 nitrogen and oxygen atoms in total. The Morgan fingerprint density at radius 3 is 2.59 bits per heavy atom. The number of alkyl halides is 3. The third-order valence-corrected chi connectivity index (χ3v) is 2.42. The molecule has 1 heterocycles. The second-order valence-corrected chi connectivity index (χ2v) is 3.49.